The largest absolute Gasteiger partial charge is 0.496 e. The van der Waals surface area contributed by atoms with Crippen molar-refractivity contribution in [2.75, 3.05) is 7.11 Å². The van der Waals surface area contributed by atoms with E-state index in [9.17, 15) is 0 Å². The van der Waals surface area contributed by atoms with Gasteiger partial charge >= 0.3 is 0 Å². The third-order valence-corrected chi connectivity index (χ3v) is 4.77. The molecule has 1 heterocycles. The molecule has 0 spiro atoms. The lowest BCUT2D eigenvalue weighted by atomic mass is 10.0. The number of methoxy groups -OCH3 is 1. The molecule has 0 radical (unpaired) electrons. The number of hydrogen-bond acceptors (Lipinski definition) is 4. The van der Waals surface area contributed by atoms with E-state index in [-0.39, 0.29) is 5.60 Å². The third kappa shape index (κ3) is 5.38. The summed E-state index contributed by atoms with van der Waals surface area (Å²) in [4.78, 5) is 8.68. The molecule has 2 N–H and O–H groups in total. The van der Waals surface area contributed by atoms with Crippen LogP contribution >= 0.6 is 0 Å². The van der Waals surface area contributed by atoms with E-state index in [1.54, 1.807) is 13.3 Å². The average Bonchev–Trinajstić information content (AvgIpc) is 2.74. The van der Waals surface area contributed by atoms with E-state index in [2.05, 4.69) is 30.7 Å². The van der Waals surface area contributed by atoms with Crippen LogP contribution in [0.15, 0.2) is 71.9 Å². The standard InChI is InChI=1S/C25H29N3O2/c1-5-15-25(2,3)30-20-13-14-21(23(17-20)29-4)18-9-11-19(12-10-18)28-24(26)22-8-6-7-16-27-22/h6-14,16-17H,5,15H2,1-4H3,(H2,26,28). The highest BCUT2D eigenvalue weighted by Crippen LogP contribution is 2.35. The van der Waals surface area contributed by atoms with Gasteiger partial charge in [0.1, 0.15) is 28.6 Å². The quantitative estimate of drug-likeness (QED) is 0.384. The molecule has 1 aromatic heterocycles. The minimum atomic E-state index is -0.214. The van der Waals surface area contributed by atoms with Gasteiger partial charge in [-0.2, -0.15) is 0 Å². The second-order valence-corrected chi connectivity index (χ2v) is 7.73. The molecule has 2 aromatic carbocycles. The maximum atomic E-state index is 6.16. The van der Waals surface area contributed by atoms with Crippen molar-refractivity contribution in [3.8, 4) is 22.6 Å². The van der Waals surface area contributed by atoms with E-state index >= 15 is 0 Å². The van der Waals surface area contributed by atoms with Gasteiger partial charge in [-0.25, -0.2) is 4.99 Å². The summed E-state index contributed by atoms with van der Waals surface area (Å²) in [5.41, 5.74) is 9.29. The molecule has 0 saturated carbocycles. The van der Waals surface area contributed by atoms with Crippen molar-refractivity contribution in [2.45, 2.75) is 39.2 Å². The highest BCUT2D eigenvalue weighted by Gasteiger charge is 2.19. The highest BCUT2D eigenvalue weighted by atomic mass is 16.5. The van der Waals surface area contributed by atoms with Gasteiger partial charge in [-0.1, -0.05) is 31.5 Å². The SMILES string of the molecule is CCCC(C)(C)Oc1ccc(-c2ccc(N=C(N)c3ccccn3)cc2)c(OC)c1. The second kappa shape index (κ2) is 9.44. The number of pyridine rings is 1. The summed E-state index contributed by atoms with van der Waals surface area (Å²) < 4.78 is 11.8. The Labute approximate surface area is 178 Å². The molecule has 0 aliphatic rings. The molecule has 5 heteroatoms. The summed E-state index contributed by atoms with van der Waals surface area (Å²) in [5, 5.41) is 0. The minimum absolute atomic E-state index is 0.214. The van der Waals surface area contributed by atoms with Gasteiger partial charge in [-0.05, 0) is 62.2 Å². The fourth-order valence-corrected chi connectivity index (χ4v) is 3.37. The Morgan fingerprint density at radius 2 is 1.83 bits per heavy atom. The molecule has 0 amide bonds. The zero-order valence-electron chi connectivity index (χ0n) is 18.1. The van der Waals surface area contributed by atoms with E-state index in [4.69, 9.17) is 15.2 Å². The predicted molar refractivity (Wildman–Crippen MR) is 123 cm³/mol. The van der Waals surface area contributed by atoms with Gasteiger partial charge in [0.15, 0.2) is 0 Å². The number of nitrogens with zero attached hydrogens (tertiary/aromatic N) is 2. The minimum Gasteiger partial charge on any atom is -0.496 e. The van der Waals surface area contributed by atoms with E-state index < -0.39 is 0 Å². The first-order chi connectivity index (χ1) is 14.4. The number of aromatic nitrogens is 1. The number of rotatable bonds is 8. The molecule has 30 heavy (non-hydrogen) atoms. The highest BCUT2D eigenvalue weighted by molar-refractivity contribution is 5.97. The molecule has 0 fully saturated rings. The molecule has 0 unspecified atom stereocenters. The van der Waals surface area contributed by atoms with E-state index in [0.717, 1.165) is 41.2 Å². The van der Waals surface area contributed by atoms with Crippen LogP contribution in [0.1, 0.15) is 39.3 Å². The number of hydrogen-bond donors (Lipinski definition) is 1. The van der Waals surface area contributed by atoms with Crippen LogP contribution in [0.4, 0.5) is 5.69 Å². The topological polar surface area (TPSA) is 69.7 Å². The Balaban J connectivity index is 1.82. The van der Waals surface area contributed by atoms with E-state index in [0.29, 0.717) is 11.5 Å². The summed E-state index contributed by atoms with van der Waals surface area (Å²) in [5.74, 6) is 1.96. The Hall–Kier alpha value is -3.34. The van der Waals surface area contributed by atoms with Gasteiger partial charge in [0.2, 0.25) is 0 Å². The summed E-state index contributed by atoms with van der Waals surface area (Å²) in [7, 11) is 1.67. The van der Waals surface area contributed by atoms with Gasteiger partial charge in [0.05, 0.1) is 12.8 Å². The van der Waals surface area contributed by atoms with Gasteiger partial charge in [-0.15, -0.1) is 0 Å². The molecule has 3 rings (SSSR count). The maximum Gasteiger partial charge on any atom is 0.150 e. The molecule has 5 nitrogen and oxygen atoms in total. The fourth-order valence-electron chi connectivity index (χ4n) is 3.37. The summed E-state index contributed by atoms with van der Waals surface area (Å²) >= 11 is 0. The van der Waals surface area contributed by atoms with Gasteiger partial charge in [0, 0.05) is 17.8 Å². The molecule has 0 atom stereocenters. The summed E-state index contributed by atoms with van der Waals surface area (Å²) in [6.07, 6.45) is 3.76. The lowest BCUT2D eigenvalue weighted by Gasteiger charge is -2.26. The fraction of sp³-hybridized carbons (Fsp3) is 0.280. The summed E-state index contributed by atoms with van der Waals surface area (Å²) in [6.45, 7) is 6.37. The van der Waals surface area contributed by atoms with Crippen LogP contribution in [-0.4, -0.2) is 23.5 Å². The van der Waals surface area contributed by atoms with Crippen LogP contribution in [-0.2, 0) is 0 Å². The van der Waals surface area contributed by atoms with Crippen molar-refractivity contribution < 1.29 is 9.47 Å². The van der Waals surface area contributed by atoms with Gasteiger partial charge < -0.3 is 15.2 Å². The van der Waals surface area contributed by atoms with E-state index in [1.165, 1.54) is 0 Å². The molecule has 0 aliphatic heterocycles. The van der Waals surface area contributed by atoms with Crippen molar-refractivity contribution in [1.82, 2.24) is 4.98 Å². The first kappa shape index (κ1) is 21.4. The number of nitrogens with two attached hydrogens (primary N) is 1. The Kier molecular flexibility index (Phi) is 6.72. The number of amidine groups is 1. The van der Waals surface area contributed by atoms with Crippen molar-refractivity contribution in [1.29, 1.82) is 0 Å². The Morgan fingerprint density at radius 3 is 2.47 bits per heavy atom. The van der Waals surface area contributed by atoms with Crippen molar-refractivity contribution in [3.05, 3.63) is 72.6 Å². The molecule has 3 aromatic rings. The molecule has 0 aliphatic carbocycles. The average molecular weight is 404 g/mol. The number of benzene rings is 2. The molecule has 0 bridgehead atoms. The zero-order chi connectivity index (χ0) is 21.6. The molecule has 156 valence electrons. The van der Waals surface area contributed by atoms with Crippen LogP contribution in [0.25, 0.3) is 11.1 Å². The molecular formula is C25H29N3O2. The van der Waals surface area contributed by atoms with Crippen molar-refractivity contribution in [3.63, 3.8) is 0 Å². The Morgan fingerprint density at radius 1 is 1.07 bits per heavy atom. The van der Waals surface area contributed by atoms with Gasteiger partial charge in [-0.3, -0.25) is 4.98 Å². The first-order valence-electron chi connectivity index (χ1n) is 10.1. The monoisotopic (exact) mass is 403 g/mol. The third-order valence-electron chi connectivity index (χ3n) is 4.77. The number of ether oxygens (including phenoxy) is 2. The zero-order valence-corrected chi connectivity index (χ0v) is 18.1. The van der Waals surface area contributed by atoms with Crippen LogP contribution in [0.5, 0.6) is 11.5 Å². The number of aliphatic imine (C=N–C) groups is 1. The molecular weight excluding hydrogens is 374 g/mol. The lowest BCUT2D eigenvalue weighted by molar-refractivity contribution is 0.0983. The Bertz CT molecular complexity index is 997. The smallest absolute Gasteiger partial charge is 0.150 e. The van der Waals surface area contributed by atoms with Crippen molar-refractivity contribution >= 4 is 11.5 Å². The second-order valence-electron chi connectivity index (χ2n) is 7.73. The van der Waals surface area contributed by atoms with Crippen LogP contribution in [0.3, 0.4) is 0 Å². The maximum absolute atomic E-state index is 6.16. The predicted octanol–water partition coefficient (Wildman–Crippen LogP) is 5.75. The summed E-state index contributed by atoms with van der Waals surface area (Å²) in [6, 6.07) is 19.4. The van der Waals surface area contributed by atoms with E-state index in [1.807, 2.05) is 60.7 Å². The van der Waals surface area contributed by atoms with Gasteiger partial charge in [0.25, 0.3) is 0 Å². The van der Waals surface area contributed by atoms with Crippen LogP contribution in [0, 0.1) is 0 Å². The van der Waals surface area contributed by atoms with Crippen LogP contribution < -0.4 is 15.2 Å². The first-order valence-corrected chi connectivity index (χ1v) is 10.1. The normalized spacial score (nSPS) is 11.9. The van der Waals surface area contributed by atoms with Crippen molar-refractivity contribution in [2.24, 2.45) is 10.7 Å². The van der Waals surface area contributed by atoms with Crippen LogP contribution in [0.2, 0.25) is 0 Å². The lowest BCUT2D eigenvalue weighted by Crippen LogP contribution is -2.27. The molecule has 0 saturated heterocycles.